The maximum Gasteiger partial charge on any atom is 0.417 e. The third-order valence-electron chi connectivity index (χ3n) is 7.11. The Morgan fingerprint density at radius 2 is 1.81 bits per heavy atom. The second-order valence-corrected chi connectivity index (χ2v) is 9.67. The molecule has 5 rings (SSSR count). The number of fused-ring (bicyclic) bond motifs is 1. The van der Waals surface area contributed by atoms with Gasteiger partial charge in [0.05, 0.1) is 18.7 Å². The van der Waals surface area contributed by atoms with E-state index in [0.29, 0.717) is 32.0 Å². The summed E-state index contributed by atoms with van der Waals surface area (Å²) in [5, 5.41) is 0. The Kier molecular flexibility index (Phi) is 6.51. The molecule has 0 bridgehead atoms. The second-order valence-electron chi connectivity index (χ2n) is 9.67. The molecule has 9 heteroatoms. The summed E-state index contributed by atoms with van der Waals surface area (Å²) < 4.78 is 44.7. The molecule has 6 nitrogen and oxygen atoms in total. The van der Waals surface area contributed by atoms with E-state index in [1.54, 1.807) is 0 Å². The summed E-state index contributed by atoms with van der Waals surface area (Å²) in [5.74, 6) is 2.24. The standard InChI is InChI=1S/C27H29F3N4O2/c1-18-14-33(25-9-8-22(13-31-25)27(28,29)30)15-19(2)34(18)17-26(35)32-11-10-21-12-23(36-24(21)16-32)20-6-4-3-5-7-20/h3-9,12-13,18-19H,10-11,14-17H2,1-2H3. The number of anilines is 1. The predicted octanol–water partition coefficient (Wildman–Crippen LogP) is 4.84. The van der Waals surface area contributed by atoms with Crippen molar-refractivity contribution in [2.45, 2.75) is 45.1 Å². The SMILES string of the molecule is CC1CN(c2ccc(C(F)(F)F)cn2)CC(C)N1CC(=O)N1CCc2cc(-c3ccccc3)oc2C1. The molecule has 2 atom stereocenters. The van der Waals surface area contributed by atoms with Gasteiger partial charge in [-0.2, -0.15) is 13.2 Å². The summed E-state index contributed by atoms with van der Waals surface area (Å²) in [6.07, 6.45) is -2.77. The smallest absolute Gasteiger partial charge is 0.417 e. The fourth-order valence-corrected chi connectivity index (χ4v) is 5.13. The van der Waals surface area contributed by atoms with Gasteiger partial charge in [0.25, 0.3) is 0 Å². The average Bonchev–Trinajstić information content (AvgIpc) is 3.30. The monoisotopic (exact) mass is 498 g/mol. The largest absolute Gasteiger partial charge is 0.459 e. The summed E-state index contributed by atoms with van der Waals surface area (Å²) in [4.78, 5) is 23.3. The number of rotatable bonds is 4. The van der Waals surface area contributed by atoms with E-state index in [9.17, 15) is 18.0 Å². The van der Waals surface area contributed by atoms with Gasteiger partial charge in [0.1, 0.15) is 17.3 Å². The minimum atomic E-state index is -4.40. The highest BCUT2D eigenvalue weighted by Crippen LogP contribution is 2.31. The summed E-state index contributed by atoms with van der Waals surface area (Å²) in [7, 11) is 0. The van der Waals surface area contributed by atoms with Crippen LogP contribution in [0.4, 0.5) is 19.0 Å². The Hall–Kier alpha value is -3.33. The number of furan rings is 1. The van der Waals surface area contributed by atoms with E-state index >= 15 is 0 Å². The van der Waals surface area contributed by atoms with E-state index in [4.69, 9.17) is 4.42 Å². The first-order valence-electron chi connectivity index (χ1n) is 12.2. The van der Waals surface area contributed by atoms with E-state index < -0.39 is 11.7 Å². The van der Waals surface area contributed by atoms with Crippen molar-refractivity contribution in [2.24, 2.45) is 0 Å². The molecule has 36 heavy (non-hydrogen) atoms. The number of piperazine rings is 1. The topological polar surface area (TPSA) is 52.8 Å². The summed E-state index contributed by atoms with van der Waals surface area (Å²) in [6, 6.07) is 14.6. The first-order chi connectivity index (χ1) is 17.2. The number of carbonyl (C=O) groups excluding carboxylic acids is 1. The van der Waals surface area contributed by atoms with Crippen molar-refractivity contribution in [1.82, 2.24) is 14.8 Å². The molecule has 1 aromatic carbocycles. The van der Waals surface area contributed by atoms with E-state index in [2.05, 4.69) is 16.0 Å². The maximum absolute atomic E-state index is 13.2. The van der Waals surface area contributed by atoms with E-state index in [1.807, 2.05) is 54.0 Å². The van der Waals surface area contributed by atoms with Crippen molar-refractivity contribution in [3.05, 3.63) is 71.6 Å². The minimum absolute atomic E-state index is 0.0374. The normalized spacial score (nSPS) is 20.9. The molecule has 0 aliphatic carbocycles. The molecule has 3 aromatic rings. The summed E-state index contributed by atoms with van der Waals surface area (Å²) in [5.41, 5.74) is 1.42. The molecule has 2 aliphatic heterocycles. The fourth-order valence-electron chi connectivity index (χ4n) is 5.13. The molecule has 2 aromatic heterocycles. The average molecular weight is 499 g/mol. The number of hydrogen-bond acceptors (Lipinski definition) is 5. The lowest BCUT2D eigenvalue weighted by Crippen LogP contribution is -2.59. The molecule has 1 saturated heterocycles. The molecule has 0 radical (unpaired) electrons. The van der Waals surface area contributed by atoms with Gasteiger partial charge >= 0.3 is 6.18 Å². The number of carbonyl (C=O) groups is 1. The molecule has 1 amide bonds. The third-order valence-corrected chi connectivity index (χ3v) is 7.11. The van der Waals surface area contributed by atoms with Crippen LogP contribution < -0.4 is 4.90 Å². The quantitative estimate of drug-likeness (QED) is 0.515. The Labute approximate surface area is 208 Å². The van der Waals surface area contributed by atoms with Crippen molar-refractivity contribution in [3.63, 3.8) is 0 Å². The van der Waals surface area contributed by atoms with Gasteiger partial charge in [-0.25, -0.2) is 4.98 Å². The fraction of sp³-hybridized carbons (Fsp3) is 0.407. The second kappa shape index (κ2) is 9.61. The van der Waals surface area contributed by atoms with Gasteiger partial charge < -0.3 is 14.2 Å². The van der Waals surface area contributed by atoms with Gasteiger partial charge in [0.15, 0.2) is 0 Å². The van der Waals surface area contributed by atoms with E-state index in [1.165, 1.54) is 6.07 Å². The Bertz CT molecular complexity index is 1200. The lowest BCUT2D eigenvalue weighted by atomic mass is 10.1. The van der Waals surface area contributed by atoms with Crippen LogP contribution in [0.25, 0.3) is 11.3 Å². The molecule has 2 unspecified atom stereocenters. The van der Waals surface area contributed by atoms with Crippen LogP contribution in [0, 0.1) is 0 Å². The highest BCUT2D eigenvalue weighted by Gasteiger charge is 2.35. The number of halogens is 3. The molecule has 2 aliphatic rings. The van der Waals surface area contributed by atoms with E-state index in [0.717, 1.165) is 41.3 Å². The molecule has 0 N–H and O–H groups in total. The Morgan fingerprint density at radius 1 is 1.08 bits per heavy atom. The number of benzene rings is 1. The number of alkyl halides is 3. The predicted molar refractivity (Wildman–Crippen MR) is 130 cm³/mol. The number of nitrogens with zero attached hydrogens (tertiary/aromatic N) is 4. The van der Waals surface area contributed by atoms with Crippen LogP contribution in [-0.4, -0.2) is 59.0 Å². The van der Waals surface area contributed by atoms with Crippen LogP contribution in [0.3, 0.4) is 0 Å². The van der Waals surface area contributed by atoms with Crippen molar-refractivity contribution in [2.75, 3.05) is 31.1 Å². The van der Waals surface area contributed by atoms with Crippen molar-refractivity contribution in [3.8, 4) is 11.3 Å². The minimum Gasteiger partial charge on any atom is -0.459 e. The number of pyridine rings is 1. The molecule has 4 heterocycles. The molecule has 190 valence electrons. The van der Waals surface area contributed by atoms with Crippen LogP contribution in [-0.2, 0) is 23.9 Å². The zero-order chi connectivity index (χ0) is 25.4. The highest BCUT2D eigenvalue weighted by atomic mass is 19.4. The van der Waals surface area contributed by atoms with Crippen LogP contribution in [0.1, 0.15) is 30.7 Å². The zero-order valence-corrected chi connectivity index (χ0v) is 20.3. The number of hydrogen-bond donors (Lipinski definition) is 0. The zero-order valence-electron chi connectivity index (χ0n) is 20.3. The number of amides is 1. The van der Waals surface area contributed by atoms with Gasteiger partial charge in [-0.15, -0.1) is 0 Å². The van der Waals surface area contributed by atoms with Gasteiger partial charge in [-0.05, 0) is 44.0 Å². The lowest BCUT2D eigenvalue weighted by Gasteiger charge is -2.45. The first-order valence-corrected chi connectivity index (χ1v) is 12.2. The van der Waals surface area contributed by atoms with Gasteiger partial charge in [0, 0.05) is 43.5 Å². The van der Waals surface area contributed by atoms with Gasteiger partial charge in [0.2, 0.25) is 5.91 Å². The molecular weight excluding hydrogens is 469 g/mol. The van der Waals surface area contributed by atoms with Crippen LogP contribution in [0.2, 0.25) is 0 Å². The summed E-state index contributed by atoms with van der Waals surface area (Å²) >= 11 is 0. The third kappa shape index (κ3) is 4.97. The molecular formula is C27H29F3N4O2. The Balaban J connectivity index is 1.21. The maximum atomic E-state index is 13.2. The van der Waals surface area contributed by atoms with Crippen molar-refractivity contribution >= 4 is 11.7 Å². The van der Waals surface area contributed by atoms with E-state index in [-0.39, 0.29) is 24.5 Å². The van der Waals surface area contributed by atoms with Crippen LogP contribution in [0.5, 0.6) is 0 Å². The van der Waals surface area contributed by atoms with Gasteiger partial charge in [-0.1, -0.05) is 30.3 Å². The molecule has 0 saturated carbocycles. The van der Waals surface area contributed by atoms with Crippen molar-refractivity contribution < 1.29 is 22.4 Å². The van der Waals surface area contributed by atoms with Crippen molar-refractivity contribution in [1.29, 1.82) is 0 Å². The van der Waals surface area contributed by atoms with Gasteiger partial charge in [-0.3, -0.25) is 9.69 Å². The first kappa shape index (κ1) is 24.4. The molecule has 0 spiro atoms. The molecule has 1 fully saturated rings. The number of aromatic nitrogens is 1. The van der Waals surface area contributed by atoms with Crippen LogP contribution in [0.15, 0.2) is 59.1 Å². The Morgan fingerprint density at radius 3 is 2.44 bits per heavy atom. The van der Waals surface area contributed by atoms with Crippen LogP contribution >= 0.6 is 0 Å². The lowest BCUT2D eigenvalue weighted by molar-refractivity contribution is -0.138. The summed E-state index contributed by atoms with van der Waals surface area (Å²) in [6.45, 7) is 6.63. The highest BCUT2D eigenvalue weighted by molar-refractivity contribution is 5.78.